The molecule has 0 bridgehead atoms. The molecule has 1 aromatic heterocycles. The van der Waals surface area contributed by atoms with Gasteiger partial charge < -0.3 is 10.1 Å². The standard InChI is InChI=1S/C17H22N2O/c1-13-4-8-17(9-5-13)20-12-15(3)19-11-16-7-6-14(2)18-10-16/h4-10,15,19H,11-12H2,1-3H3. The largest absolute Gasteiger partial charge is 0.492 e. The van der Waals surface area contributed by atoms with Crippen LogP contribution in [0.3, 0.4) is 0 Å². The SMILES string of the molecule is Cc1ccc(OCC(C)NCc2ccc(C)nc2)cc1. The van der Waals surface area contributed by atoms with Gasteiger partial charge in [-0.15, -0.1) is 0 Å². The Morgan fingerprint density at radius 3 is 2.50 bits per heavy atom. The molecule has 1 heterocycles. The van der Waals surface area contributed by atoms with Crippen LogP contribution in [0.1, 0.15) is 23.7 Å². The topological polar surface area (TPSA) is 34.1 Å². The van der Waals surface area contributed by atoms with E-state index in [9.17, 15) is 0 Å². The van der Waals surface area contributed by atoms with Crippen LogP contribution in [0.5, 0.6) is 5.75 Å². The fourth-order valence-electron chi connectivity index (χ4n) is 1.81. The van der Waals surface area contributed by atoms with E-state index in [1.54, 1.807) is 0 Å². The molecule has 1 N–H and O–H groups in total. The first-order valence-corrected chi connectivity index (χ1v) is 6.98. The number of rotatable bonds is 6. The van der Waals surface area contributed by atoms with Crippen molar-refractivity contribution in [2.24, 2.45) is 0 Å². The molecule has 0 saturated heterocycles. The summed E-state index contributed by atoms with van der Waals surface area (Å²) in [4.78, 5) is 4.29. The number of aromatic nitrogens is 1. The van der Waals surface area contributed by atoms with Crippen molar-refractivity contribution in [2.75, 3.05) is 6.61 Å². The molecule has 0 spiro atoms. The third-order valence-corrected chi connectivity index (χ3v) is 3.15. The zero-order valence-electron chi connectivity index (χ0n) is 12.4. The van der Waals surface area contributed by atoms with Crippen LogP contribution in [0.25, 0.3) is 0 Å². The Bertz CT molecular complexity index is 470. The first-order chi connectivity index (χ1) is 9.63. The summed E-state index contributed by atoms with van der Waals surface area (Å²) >= 11 is 0. The molecule has 3 heteroatoms. The van der Waals surface area contributed by atoms with Crippen LogP contribution in [-0.4, -0.2) is 17.6 Å². The van der Waals surface area contributed by atoms with E-state index >= 15 is 0 Å². The first-order valence-electron chi connectivity index (χ1n) is 6.98. The van der Waals surface area contributed by atoms with E-state index in [4.69, 9.17) is 4.74 Å². The van der Waals surface area contributed by atoms with Crippen molar-refractivity contribution in [3.8, 4) is 5.75 Å². The molecule has 0 saturated carbocycles. The Morgan fingerprint density at radius 2 is 1.85 bits per heavy atom. The summed E-state index contributed by atoms with van der Waals surface area (Å²) in [6.45, 7) is 7.66. The number of hydrogen-bond donors (Lipinski definition) is 1. The van der Waals surface area contributed by atoms with Crippen molar-refractivity contribution >= 4 is 0 Å². The quantitative estimate of drug-likeness (QED) is 0.875. The van der Waals surface area contributed by atoms with Gasteiger partial charge in [-0.3, -0.25) is 4.98 Å². The molecule has 1 aromatic carbocycles. The molecule has 3 nitrogen and oxygen atoms in total. The van der Waals surface area contributed by atoms with Gasteiger partial charge in [0.2, 0.25) is 0 Å². The zero-order valence-corrected chi connectivity index (χ0v) is 12.4. The van der Waals surface area contributed by atoms with Gasteiger partial charge in [0.05, 0.1) is 0 Å². The van der Waals surface area contributed by atoms with Crippen LogP contribution in [0, 0.1) is 13.8 Å². The minimum Gasteiger partial charge on any atom is -0.492 e. The molecular formula is C17H22N2O. The molecule has 1 atom stereocenters. The highest BCUT2D eigenvalue weighted by Crippen LogP contribution is 2.11. The van der Waals surface area contributed by atoms with E-state index in [1.165, 1.54) is 11.1 Å². The second-order valence-electron chi connectivity index (χ2n) is 5.21. The molecule has 0 amide bonds. The van der Waals surface area contributed by atoms with Crippen LogP contribution < -0.4 is 10.1 Å². The van der Waals surface area contributed by atoms with E-state index in [0.29, 0.717) is 6.61 Å². The van der Waals surface area contributed by atoms with Gasteiger partial charge >= 0.3 is 0 Å². The van der Waals surface area contributed by atoms with Crippen LogP contribution in [0.2, 0.25) is 0 Å². The smallest absolute Gasteiger partial charge is 0.119 e. The average molecular weight is 270 g/mol. The Morgan fingerprint density at radius 1 is 1.10 bits per heavy atom. The highest BCUT2D eigenvalue weighted by molar-refractivity contribution is 5.26. The lowest BCUT2D eigenvalue weighted by atomic mass is 10.2. The number of ether oxygens (including phenoxy) is 1. The fourth-order valence-corrected chi connectivity index (χ4v) is 1.81. The van der Waals surface area contributed by atoms with Crippen LogP contribution in [-0.2, 0) is 6.54 Å². The van der Waals surface area contributed by atoms with Crippen molar-refractivity contribution in [1.29, 1.82) is 0 Å². The van der Waals surface area contributed by atoms with Gasteiger partial charge in [-0.05, 0) is 44.5 Å². The van der Waals surface area contributed by atoms with Gasteiger partial charge in [0.15, 0.2) is 0 Å². The van der Waals surface area contributed by atoms with E-state index in [0.717, 1.165) is 18.0 Å². The Kier molecular flexibility index (Phi) is 5.13. The van der Waals surface area contributed by atoms with E-state index in [-0.39, 0.29) is 6.04 Å². The summed E-state index contributed by atoms with van der Waals surface area (Å²) in [5.41, 5.74) is 3.48. The predicted octanol–water partition coefficient (Wildman–Crippen LogP) is 3.26. The van der Waals surface area contributed by atoms with Crippen molar-refractivity contribution in [2.45, 2.75) is 33.4 Å². The number of nitrogens with one attached hydrogen (secondary N) is 1. The van der Waals surface area contributed by atoms with Gasteiger partial charge in [-0.1, -0.05) is 23.8 Å². The van der Waals surface area contributed by atoms with Crippen LogP contribution in [0.4, 0.5) is 0 Å². The fraction of sp³-hybridized carbons (Fsp3) is 0.353. The minimum absolute atomic E-state index is 0.289. The molecule has 20 heavy (non-hydrogen) atoms. The predicted molar refractivity (Wildman–Crippen MR) is 81.9 cm³/mol. The number of aryl methyl sites for hydroxylation is 2. The maximum absolute atomic E-state index is 5.75. The lowest BCUT2D eigenvalue weighted by Crippen LogP contribution is -2.31. The Balaban J connectivity index is 1.73. The Hall–Kier alpha value is -1.87. The van der Waals surface area contributed by atoms with Crippen LogP contribution >= 0.6 is 0 Å². The van der Waals surface area contributed by atoms with Crippen molar-refractivity contribution in [1.82, 2.24) is 10.3 Å². The second-order valence-corrected chi connectivity index (χ2v) is 5.21. The first kappa shape index (κ1) is 14.5. The lowest BCUT2D eigenvalue weighted by molar-refractivity contribution is 0.272. The lowest BCUT2D eigenvalue weighted by Gasteiger charge is -2.15. The van der Waals surface area contributed by atoms with Gasteiger partial charge in [-0.25, -0.2) is 0 Å². The zero-order chi connectivity index (χ0) is 14.4. The summed E-state index contributed by atoms with van der Waals surface area (Å²) in [5, 5.41) is 3.43. The average Bonchev–Trinajstić information content (AvgIpc) is 2.46. The number of benzene rings is 1. The third kappa shape index (κ3) is 4.67. The van der Waals surface area contributed by atoms with Gasteiger partial charge in [0, 0.05) is 24.5 Å². The number of pyridine rings is 1. The van der Waals surface area contributed by atoms with Crippen LogP contribution in [0.15, 0.2) is 42.6 Å². The molecule has 1 unspecified atom stereocenters. The third-order valence-electron chi connectivity index (χ3n) is 3.15. The summed E-state index contributed by atoms with van der Waals surface area (Å²) in [6, 6.07) is 12.6. The molecule has 2 rings (SSSR count). The number of hydrogen-bond acceptors (Lipinski definition) is 3. The van der Waals surface area contributed by atoms with Crippen molar-refractivity contribution in [3.63, 3.8) is 0 Å². The summed E-state index contributed by atoms with van der Waals surface area (Å²) < 4.78 is 5.75. The van der Waals surface area contributed by atoms with Gasteiger partial charge in [-0.2, -0.15) is 0 Å². The highest BCUT2D eigenvalue weighted by Gasteiger charge is 2.03. The Labute approximate surface area is 121 Å². The second kappa shape index (κ2) is 7.06. The maximum atomic E-state index is 5.75. The van der Waals surface area contributed by atoms with Crippen molar-refractivity contribution < 1.29 is 4.74 Å². The van der Waals surface area contributed by atoms with E-state index in [1.807, 2.05) is 31.3 Å². The molecule has 0 radical (unpaired) electrons. The molecule has 0 aliphatic carbocycles. The molecular weight excluding hydrogens is 248 g/mol. The molecule has 0 fully saturated rings. The highest BCUT2D eigenvalue weighted by atomic mass is 16.5. The molecule has 0 aliphatic heterocycles. The number of nitrogens with zero attached hydrogens (tertiary/aromatic N) is 1. The maximum Gasteiger partial charge on any atom is 0.119 e. The van der Waals surface area contributed by atoms with Gasteiger partial charge in [0.1, 0.15) is 12.4 Å². The molecule has 0 aliphatic rings. The normalized spacial score (nSPS) is 12.2. The van der Waals surface area contributed by atoms with Gasteiger partial charge in [0.25, 0.3) is 0 Å². The van der Waals surface area contributed by atoms with E-state index < -0.39 is 0 Å². The van der Waals surface area contributed by atoms with E-state index in [2.05, 4.69) is 42.3 Å². The monoisotopic (exact) mass is 270 g/mol. The molecule has 106 valence electrons. The minimum atomic E-state index is 0.289. The summed E-state index contributed by atoms with van der Waals surface area (Å²) in [5.74, 6) is 0.918. The molecule has 2 aromatic rings. The summed E-state index contributed by atoms with van der Waals surface area (Å²) in [7, 11) is 0. The van der Waals surface area contributed by atoms with Crippen molar-refractivity contribution in [3.05, 3.63) is 59.4 Å². The summed E-state index contributed by atoms with van der Waals surface area (Å²) in [6.07, 6.45) is 1.91.